The number of hydrogen-bond donors (Lipinski definition) is 2. The van der Waals surface area contributed by atoms with Crippen LogP contribution in [0.3, 0.4) is 0 Å². The van der Waals surface area contributed by atoms with Crippen molar-refractivity contribution in [3.05, 3.63) is 64.2 Å². The number of hydrogen-bond acceptors (Lipinski definition) is 3. The van der Waals surface area contributed by atoms with Gasteiger partial charge in [0.15, 0.2) is 0 Å². The second-order valence-corrected chi connectivity index (χ2v) is 4.59. The highest BCUT2D eigenvalue weighted by molar-refractivity contribution is 6.30. The summed E-state index contributed by atoms with van der Waals surface area (Å²) in [7, 11) is 1.49. The van der Waals surface area contributed by atoms with Crippen LogP contribution in [0, 0.1) is 11.6 Å². The van der Waals surface area contributed by atoms with Gasteiger partial charge in [-0.05, 0) is 24.3 Å². The van der Waals surface area contributed by atoms with Crippen LogP contribution in [0.4, 0.5) is 8.78 Å². The Hall–Kier alpha value is -1.69. The third-order valence-electron chi connectivity index (χ3n) is 2.94. The molecule has 2 aromatic rings. The third-order valence-corrected chi connectivity index (χ3v) is 3.18. The van der Waals surface area contributed by atoms with Crippen molar-refractivity contribution in [3.63, 3.8) is 0 Å². The van der Waals surface area contributed by atoms with Crippen LogP contribution in [0.2, 0.25) is 5.02 Å². The van der Waals surface area contributed by atoms with E-state index in [0.29, 0.717) is 16.3 Å². The highest BCUT2D eigenvalue weighted by Crippen LogP contribution is 2.33. The largest absolute Gasteiger partial charge is 0.496 e. The number of methoxy groups -OCH3 is 1. The highest BCUT2D eigenvalue weighted by atomic mass is 35.5. The highest BCUT2D eigenvalue weighted by Gasteiger charge is 2.21. The molecule has 0 aliphatic carbocycles. The summed E-state index contributed by atoms with van der Waals surface area (Å²) >= 11 is 5.95. The predicted molar refractivity (Wildman–Crippen MR) is 73.5 cm³/mol. The van der Waals surface area contributed by atoms with Gasteiger partial charge in [0.2, 0.25) is 0 Å². The number of halogens is 3. The van der Waals surface area contributed by atoms with Gasteiger partial charge in [-0.15, -0.1) is 0 Å². The summed E-state index contributed by atoms with van der Waals surface area (Å²) in [6, 6.07) is 7.52. The van der Waals surface area contributed by atoms with Gasteiger partial charge < -0.3 is 4.74 Å². The van der Waals surface area contributed by atoms with Crippen LogP contribution < -0.4 is 16.0 Å². The Morgan fingerprint density at radius 1 is 1.15 bits per heavy atom. The quantitative estimate of drug-likeness (QED) is 0.673. The van der Waals surface area contributed by atoms with E-state index >= 15 is 0 Å². The van der Waals surface area contributed by atoms with Crippen molar-refractivity contribution in [3.8, 4) is 5.75 Å². The molecule has 1 unspecified atom stereocenters. The fourth-order valence-electron chi connectivity index (χ4n) is 2.01. The predicted octanol–water partition coefficient (Wildman–Crippen LogP) is 3.18. The summed E-state index contributed by atoms with van der Waals surface area (Å²) in [6.07, 6.45) is 0. The van der Waals surface area contributed by atoms with E-state index < -0.39 is 17.7 Å². The summed E-state index contributed by atoms with van der Waals surface area (Å²) in [5.41, 5.74) is 3.26. The number of rotatable bonds is 4. The summed E-state index contributed by atoms with van der Waals surface area (Å²) in [5.74, 6) is 4.66. The van der Waals surface area contributed by atoms with Crippen LogP contribution in [0.1, 0.15) is 17.2 Å². The molecular formula is C14H13ClF2N2O. The molecule has 2 rings (SSSR count). The molecule has 0 fully saturated rings. The van der Waals surface area contributed by atoms with Gasteiger partial charge in [-0.25, -0.2) is 14.2 Å². The smallest absolute Gasteiger partial charge is 0.131 e. The maximum atomic E-state index is 13.9. The Kier molecular flexibility index (Phi) is 4.54. The van der Waals surface area contributed by atoms with Crippen LogP contribution in [-0.2, 0) is 0 Å². The van der Waals surface area contributed by atoms with E-state index in [2.05, 4.69) is 5.43 Å². The Morgan fingerprint density at radius 3 is 2.50 bits per heavy atom. The second-order valence-electron chi connectivity index (χ2n) is 4.15. The molecular weight excluding hydrogens is 286 g/mol. The number of nitrogens with one attached hydrogen (secondary N) is 1. The lowest BCUT2D eigenvalue weighted by Crippen LogP contribution is -2.30. The fraction of sp³-hybridized carbons (Fsp3) is 0.143. The summed E-state index contributed by atoms with van der Waals surface area (Å²) in [5, 5.41) is 0.462. The molecule has 2 aromatic carbocycles. The lowest BCUT2D eigenvalue weighted by molar-refractivity contribution is 0.403. The molecule has 20 heavy (non-hydrogen) atoms. The Morgan fingerprint density at radius 2 is 1.90 bits per heavy atom. The van der Waals surface area contributed by atoms with Crippen LogP contribution in [-0.4, -0.2) is 7.11 Å². The molecule has 0 saturated heterocycles. The number of nitrogens with two attached hydrogens (primary N) is 1. The zero-order chi connectivity index (χ0) is 14.7. The minimum atomic E-state index is -0.704. The molecule has 106 valence electrons. The van der Waals surface area contributed by atoms with E-state index in [1.807, 2.05) is 0 Å². The van der Waals surface area contributed by atoms with E-state index in [4.69, 9.17) is 22.2 Å². The first kappa shape index (κ1) is 14.7. The maximum absolute atomic E-state index is 13.9. The zero-order valence-corrected chi connectivity index (χ0v) is 11.4. The molecule has 0 aliphatic rings. The summed E-state index contributed by atoms with van der Waals surface area (Å²) in [6.45, 7) is 0. The normalized spacial score (nSPS) is 12.2. The zero-order valence-electron chi connectivity index (χ0n) is 10.7. The first-order valence-electron chi connectivity index (χ1n) is 5.81. The Balaban J connectivity index is 2.54. The molecule has 3 nitrogen and oxygen atoms in total. The Bertz CT molecular complexity index is 622. The molecule has 3 N–H and O–H groups in total. The molecule has 0 spiro atoms. The SMILES string of the molecule is COc1ccc(Cl)cc1C(NN)c1ccc(F)cc1F. The van der Waals surface area contributed by atoms with Crippen molar-refractivity contribution in [2.24, 2.45) is 5.84 Å². The first-order chi connectivity index (χ1) is 9.56. The molecule has 6 heteroatoms. The lowest BCUT2D eigenvalue weighted by Gasteiger charge is -2.20. The maximum Gasteiger partial charge on any atom is 0.131 e. The third kappa shape index (κ3) is 2.90. The van der Waals surface area contributed by atoms with Gasteiger partial charge in [0, 0.05) is 22.2 Å². The van der Waals surface area contributed by atoms with Gasteiger partial charge >= 0.3 is 0 Å². The monoisotopic (exact) mass is 298 g/mol. The molecule has 0 heterocycles. The number of hydrazine groups is 1. The van der Waals surface area contributed by atoms with Gasteiger partial charge in [0.1, 0.15) is 17.4 Å². The van der Waals surface area contributed by atoms with Crippen molar-refractivity contribution in [2.75, 3.05) is 7.11 Å². The van der Waals surface area contributed by atoms with E-state index in [9.17, 15) is 8.78 Å². The van der Waals surface area contributed by atoms with Crippen molar-refractivity contribution in [2.45, 2.75) is 6.04 Å². The van der Waals surface area contributed by atoms with E-state index in [1.54, 1.807) is 18.2 Å². The van der Waals surface area contributed by atoms with Crippen molar-refractivity contribution in [1.82, 2.24) is 5.43 Å². The lowest BCUT2D eigenvalue weighted by atomic mass is 9.98. The van der Waals surface area contributed by atoms with E-state index in [0.717, 1.165) is 6.07 Å². The number of ether oxygens (including phenoxy) is 1. The van der Waals surface area contributed by atoms with E-state index in [-0.39, 0.29) is 5.56 Å². The molecule has 0 aromatic heterocycles. The van der Waals surface area contributed by atoms with Crippen molar-refractivity contribution >= 4 is 11.6 Å². The van der Waals surface area contributed by atoms with Gasteiger partial charge in [0.05, 0.1) is 13.2 Å². The second kappa shape index (κ2) is 6.17. The molecule has 0 amide bonds. The van der Waals surface area contributed by atoms with Gasteiger partial charge in [-0.2, -0.15) is 0 Å². The van der Waals surface area contributed by atoms with Gasteiger partial charge in [-0.3, -0.25) is 5.84 Å². The summed E-state index contributed by atoms with van der Waals surface area (Å²) in [4.78, 5) is 0. The van der Waals surface area contributed by atoms with Crippen LogP contribution in [0.25, 0.3) is 0 Å². The average Bonchev–Trinajstić information content (AvgIpc) is 2.42. The number of benzene rings is 2. The van der Waals surface area contributed by atoms with Crippen molar-refractivity contribution in [1.29, 1.82) is 0 Å². The van der Waals surface area contributed by atoms with Crippen LogP contribution in [0.15, 0.2) is 36.4 Å². The van der Waals surface area contributed by atoms with Gasteiger partial charge in [-0.1, -0.05) is 17.7 Å². The minimum Gasteiger partial charge on any atom is -0.496 e. The summed E-state index contributed by atoms with van der Waals surface area (Å²) < 4.78 is 32.1. The molecule has 0 bridgehead atoms. The first-order valence-corrected chi connectivity index (χ1v) is 6.19. The molecule has 0 saturated carbocycles. The van der Waals surface area contributed by atoms with E-state index in [1.165, 1.54) is 19.2 Å². The molecule has 1 atom stereocenters. The molecule has 0 aliphatic heterocycles. The van der Waals surface area contributed by atoms with Crippen LogP contribution in [0.5, 0.6) is 5.75 Å². The minimum absolute atomic E-state index is 0.203. The van der Waals surface area contributed by atoms with Crippen LogP contribution >= 0.6 is 11.6 Å². The van der Waals surface area contributed by atoms with Crippen molar-refractivity contribution < 1.29 is 13.5 Å². The fourth-order valence-corrected chi connectivity index (χ4v) is 2.19. The Labute approximate surface area is 120 Å². The topological polar surface area (TPSA) is 47.3 Å². The molecule has 0 radical (unpaired) electrons. The average molecular weight is 299 g/mol. The van der Waals surface area contributed by atoms with Gasteiger partial charge in [0.25, 0.3) is 0 Å². The standard InChI is InChI=1S/C14H13ClF2N2O/c1-20-13-5-2-8(15)6-11(13)14(19-18)10-4-3-9(16)7-12(10)17/h2-7,14,19H,18H2,1H3.